The Morgan fingerprint density at radius 2 is 1.40 bits per heavy atom. The van der Waals surface area contributed by atoms with Crippen LogP contribution in [0.4, 0.5) is 0 Å². The molecule has 0 spiro atoms. The van der Waals surface area contributed by atoms with Crippen molar-refractivity contribution in [1.82, 2.24) is 0 Å². The molecular formula is C13H18I2. The molecule has 0 saturated heterocycles. The molecule has 0 radical (unpaired) electrons. The van der Waals surface area contributed by atoms with Crippen LogP contribution in [-0.4, -0.2) is 0 Å². The third-order valence-electron chi connectivity index (χ3n) is 2.66. The van der Waals surface area contributed by atoms with Gasteiger partial charge in [0.1, 0.15) is 0 Å². The van der Waals surface area contributed by atoms with Gasteiger partial charge in [-0.25, -0.2) is 0 Å². The molecule has 0 saturated carbocycles. The molecule has 15 heavy (non-hydrogen) atoms. The highest BCUT2D eigenvalue weighted by molar-refractivity contribution is 14.1. The van der Waals surface area contributed by atoms with Crippen LogP contribution < -0.4 is 0 Å². The van der Waals surface area contributed by atoms with E-state index in [2.05, 4.69) is 85.0 Å². The minimum Gasteiger partial charge on any atom is -0.0812 e. The molecule has 84 valence electrons. The lowest BCUT2D eigenvalue weighted by Crippen LogP contribution is -2.02. The van der Waals surface area contributed by atoms with Crippen LogP contribution >= 0.6 is 45.2 Å². The van der Waals surface area contributed by atoms with Gasteiger partial charge in [-0.1, -0.05) is 50.3 Å². The van der Waals surface area contributed by atoms with Crippen molar-refractivity contribution in [2.75, 3.05) is 0 Å². The van der Waals surface area contributed by atoms with Crippen molar-refractivity contribution in [2.45, 2.75) is 44.0 Å². The van der Waals surface area contributed by atoms with Crippen LogP contribution in [0.1, 0.15) is 56.2 Å². The van der Waals surface area contributed by atoms with Crippen LogP contribution in [0.5, 0.6) is 0 Å². The van der Waals surface area contributed by atoms with Gasteiger partial charge in [-0.3, -0.25) is 0 Å². The molecule has 0 fully saturated rings. The predicted octanol–water partition coefficient (Wildman–Crippen LogP) is 5.47. The van der Waals surface area contributed by atoms with E-state index in [4.69, 9.17) is 0 Å². The summed E-state index contributed by atoms with van der Waals surface area (Å²) in [5.41, 5.74) is 4.61. The van der Waals surface area contributed by atoms with Crippen molar-refractivity contribution in [2.24, 2.45) is 0 Å². The zero-order chi connectivity index (χ0) is 11.6. The molecule has 0 heterocycles. The van der Waals surface area contributed by atoms with Gasteiger partial charge in [0.05, 0.1) is 0 Å². The third kappa shape index (κ3) is 3.32. The summed E-state index contributed by atoms with van der Waals surface area (Å²) in [5, 5.41) is 0. The molecular weight excluding hydrogens is 410 g/mol. The summed E-state index contributed by atoms with van der Waals surface area (Å²) in [4.78, 5) is 0. The summed E-state index contributed by atoms with van der Waals surface area (Å²) in [6, 6.07) is 4.68. The Morgan fingerprint density at radius 1 is 1.00 bits per heavy atom. The highest BCUT2D eigenvalue weighted by Gasteiger charge is 2.13. The van der Waals surface area contributed by atoms with Crippen molar-refractivity contribution in [1.29, 1.82) is 0 Å². The molecule has 1 aromatic rings. The Balaban J connectivity index is 3.38. The first kappa shape index (κ1) is 13.7. The number of hydrogen-bond acceptors (Lipinski definition) is 0. The normalized spacial score (nSPS) is 11.5. The van der Waals surface area contributed by atoms with Gasteiger partial charge in [0.25, 0.3) is 0 Å². The van der Waals surface area contributed by atoms with Crippen molar-refractivity contribution >= 4 is 45.2 Å². The summed E-state index contributed by atoms with van der Waals surface area (Å²) in [5.74, 6) is 1.25. The molecule has 1 aromatic carbocycles. The van der Waals surface area contributed by atoms with Gasteiger partial charge in [-0.05, 0) is 63.2 Å². The zero-order valence-corrected chi connectivity index (χ0v) is 14.1. The monoisotopic (exact) mass is 428 g/mol. The first-order valence-corrected chi connectivity index (χ1v) is 7.96. The van der Waals surface area contributed by atoms with Gasteiger partial charge in [0, 0.05) is 8.00 Å². The van der Waals surface area contributed by atoms with Crippen molar-refractivity contribution in [3.05, 3.63) is 32.4 Å². The van der Waals surface area contributed by atoms with E-state index >= 15 is 0 Å². The fraction of sp³-hybridized carbons (Fsp3) is 0.538. The topological polar surface area (TPSA) is 0 Å². The molecule has 0 N–H and O–H groups in total. The number of rotatable bonds is 3. The lowest BCUT2D eigenvalue weighted by molar-refractivity contribution is 0.814. The van der Waals surface area contributed by atoms with E-state index in [1.165, 1.54) is 14.7 Å². The van der Waals surface area contributed by atoms with Gasteiger partial charge >= 0.3 is 0 Å². The summed E-state index contributed by atoms with van der Waals surface area (Å²) in [7, 11) is 0. The fourth-order valence-electron chi connectivity index (χ4n) is 1.86. The molecule has 0 unspecified atom stereocenters. The molecule has 2 heteroatoms. The van der Waals surface area contributed by atoms with Crippen LogP contribution in [0, 0.1) is 3.57 Å². The molecule has 0 aliphatic rings. The average Bonchev–Trinajstić information content (AvgIpc) is 2.16. The Labute approximate surface area is 121 Å². The van der Waals surface area contributed by atoms with Crippen LogP contribution in [0.2, 0.25) is 0 Å². The van der Waals surface area contributed by atoms with Crippen molar-refractivity contribution in [3.8, 4) is 0 Å². The maximum atomic E-state index is 2.48. The zero-order valence-electron chi connectivity index (χ0n) is 9.77. The van der Waals surface area contributed by atoms with Gasteiger partial charge in [-0.15, -0.1) is 0 Å². The Hall–Kier alpha value is 0.680. The molecule has 0 aliphatic carbocycles. The van der Waals surface area contributed by atoms with E-state index in [9.17, 15) is 0 Å². The van der Waals surface area contributed by atoms with E-state index in [0.717, 1.165) is 4.43 Å². The molecule has 0 bridgehead atoms. The highest BCUT2D eigenvalue weighted by Crippen LogP contribution is 2.31. The quantitative estimate of drug-likeness (QED) is 0.443. The standard InChI is InChI=1S/C13H18I2/c1-8(2)11-5-10(15)6-12(9(3)4)13(11)7-14/h5-6,8-9H,7H2,1-4H3. The second kappa shape index (κ2) is 5.84. The second-order valence-corrected chi connectivity index (χ2v) is 6.51. The molecule has 0 nitrogen and oxygen atoms in total. The lowest BCUT2D eigenvalue weighted by Gasteiger charge is -2.19. The van der Waals surface area contributed by atoms with Crippen LogP contribution in [0.3, 0.4) is 0 Å². The first-order chi connectivity index (χ1) is 6.97. The number of benzene rings is 1. The average molecular weight is 428 g/mol. The Morgan fingerprint density at radius 3 is 1.67 bits per heavy atom. The van der Waals surface area contributed by atoms with E-state index in [0.29, 0.717) is 11.8 Å². The molecule has 0 aromatic heterocycles. The second-order valence-electron chi connectivity index (χ2n) is 4.51. The van der Waals surface area contributed by atoms with Crippen molar-refractivity contribution < 1.29 is 0 Å². The summed E-state index contributed by atoms with van der Waals surface area (Å²) < 4.78 is 2.49. The smallest absolute Gasteiger partial charge is 0.0252 e. The largest absolute Gasteiger partial charge is 0.0812 e. The SMILES string of the molecule is CC(C)c1cc(I)cc(C(C)C)c1CI. The van der Waals surface area contributed by atoms with E-state index in [1.54, 1.807) is 5.56 Å². The number of alkyl halides is 1. The summed E-state index contributed by atoms with van der Waals surface area (Å²) in [6.07, 6.45) is 0. The highest BCUT2D eigenvalue weighted by atomic mass is 127. The number of halogens is 2. The van der Waals surface area contributed by atoms with Gasteiger partial charge in [0.2, 0.25) is 0 Å². The molecule has 1 rings (SSSR count). The van der Waals surface area contributed by atoms with E-state index < -0.39 is 0 Å². The van der Waals surface area contributed by atoms with E-state index in [-0.39, 0.29) is 0 Å². The first-order valence-electron chi connectivity index (χ1n) is 5.35. The van der Waals surface area contributed by atoms with Gasteiger partial charge in [0.15, 0.2) is 0 Å². The fourth-order valence-corrected chi connectivity index (χ4v) is 3.42. The molecule has 0 amide bonds. The van der Waals surface area contributed by atoms with Crippen LogP contribution in [-0.2, 0) is 4.43 Å². The summed E-state index contributed by atoms with van der Waals surface area (Å²) in [6.45, 7) is 9.13. The molecule has 0 atom stereocenters. The molecule has 0 aliphatic heterocycles. The maximum Gasteiger partial charge on any atom is 0.0252 e. The minimum absolute atomic E-state index is 0.627. The Kier molecular flexibility index (Phi) is 5.36. The number of hydrogen-bond donors (Lipinski definition) is 0. The van der Waals surface area contributed by atoms with E-state index in [1.807, 2.05) is 0 Å². The van der Waals surface area contributed by atoms with Crippen LogP contribution in [0.25, 0.3) is 0 Å². The third-order valence-corrected chi connectivity index (χ3v) is 4.05. The van der Waals surface area contributed by atoms with Gasteiger partial charge < -0.3 is 0 Å². The van der Waals surface area contributed by atoms with Gasteiger partial charge in [-0.2, -0.15) is 0 Å². The van der Waals surface area contributed by atoms with Crippen LogP contribution in [0.15, 0.2) is 12.1 Å². The Bertz CT molecular complexity index is 311. The summed E-state index contributed by atoms with van der Waals surface area (Å²) >= 11 is 4.91. The minimum atomic E-state index is 0.627. The maximum absolute atomic E-state index is 2.48. The predicted molar refractivity (Wildman–Crippen MR) is 85.1 cm³/mol. The van der Waals surface area contributed by atoms with Crippen molar-refractivity contribution in [3.63, 3.8) is 0 Å². The lowest BCUT2D eigenvalue weighted by atomic mass is 9.90.